The molecule has 0 aromatic carbocycles. The van der Waals surface area contributed by atoms with Crippen LogP contribution in [0.2, 0.25) is 0 Å². The van der Waals surface area contributed by atoms with Crippen molar-refractivity contribution in [1.82, 2.24) is 19.0 Å². The van der Waals surface area contributed by atoms with Crippen molar-refractivity contribution < 1.29 is 23.1 Å². The van der Waals surface area contributed by atoms with Gasteiger partial charge in [0.25, 0.3) is 5.91 Å². The molecule has 1 N–H and O–H groups in total. The number of aryl methyl sites for hydroxylation is 1. The van der Waals surface area contributed by atoms with E-state index in [-0.39, 0.29) is 36.0 Å². The number of carbonyl (C=O) groups excluding carboxylic acids is 1. The Labute approximate surface area is 183 Å². The van der Waals surface area contributed by atoms with Crippen molar-refractivity contribution in [3.05, 3.63) is 34.4 Å². The van der Waals surface area contributed by atoms with Gasteiger partial charge in [-0.1, -0.05) is 26.8 Å². The number of hydrogen-bond acceptors (Lipinski definition) is 4. The van der Waals surface area contributed by atoms with E-state index >= 15 is 0 Å². The van der Waals surface area contributed by atoms with Gasteiger partial charge < -0.3 is 10.0 Å². The summed E-state index contributed by atoms with van der Waals surface area (Å²) in [6.45, 7) is 7.05. The summed E-state index contributed by atoms with van der Waals surface area (Å²) >= 11 is 0. The van der Waals surface area contributed by atoms with E-state index in [1.54, 1.807) is 11.6 Å². The molecule has 4 rings (SSSR count). The van der Waals surface area contributed by atoms with Crippen molar-refractivity contribution in [3.8, 4) is 0 Å². The summed E-state index contributed by atoms with van der Waals surface area (Å²) in [4.78, 5) is 30.5. The molecule has 2 aromatic rings. The first-order chi connectivity index (χ1) is 14.8. The molecule has 10 heteroatoms. The molecule has 0 radical (unpaired) electrons. The Morgan fingerprint density at radius 1 is 1.25 bits per heavy atom. The fraction of sp³-hybridized carbons (Fsp3) is 0.591. The number of aliphatic hydroxyl groups excluding tert-OH is 1. The lowest BCUT2D eigenvalue weighted by molar-refractivity contribution is -0.210. The maximum absolute atomic E-state index is 12.7. The van der Waals surface area contributed by atoms with Crippen LogP contribution in [0, 0.1) is 17.3 Å². The molecule has 174 valence electrons. The number of hydrogen-bond donors (Lipinski definition) is 1. The Morgan fingerprint density at radius 3 is 2.53 bits per heavy atom. The number of aliphatic hydroxyl groups is 1. The smallest absolute Gasteiger partial charge is 0.376 e. The monoisotopic (exact) mass is 452 g/mol. The number of likely N-dealkylation sites (tertiary alicyclic amines) is 1. The van der Waals surface area contributed by atoms with Crippen LogP contribution >= 0.6 is 0 Å². The third-order valence-corrected chi connectivity index (χ3v) is 6.19. The maximum atomic E-state index is 12.7. The average molecular weight is 452 g/mol. The Morgan fingerprint density at radius 2 is 1.94 bits per heavy atom. The van der Waals surface area contributed by atoms with Crippen LogP contribution in [0.1, 0.15) is 32.9 Å². The average Bonchev–Trinajstić information content (AvgIpc) is 3.32. The Kier molecular flexibility index (Phi) is 5.27. The van der Waals surface area contributed by atoms with Gasteiger partial charge in [0.05, 0.1) is 11.2 Å². The molecule has 2 aromatic heterocycles. The molecule has 7 nitrogen and oxygen atoms in total. The topological polar surface area (TPSA) is 80.4 Å². The summed E-state index contributed by atoms with van der Waals surface area (Å²) < 4.78 is 41.2. The van der Waals surface area contributed by atoms with E-state index in [0.29, 0.717) is 18.6 Å². The van der Waals surface area contributed by atoms with Gasteiger partial charge in [0.2, 0.25) is 6.10 Å². The van der Waals surface area contributed by atoms with E-state index in [0.717, 1.165) is 21.7 Å². The zero-order valence-electron chi connectivity index (χ0n) is 18.5. The van der Waals surface area contributed by atoms with Crippen molar-refractivity contribution >= 4 is 22.6 Å². The fourth-order valence-corrected chi connectivity index (χ4v) is 4.67. The number of fused-ring (bicyclic) bond motifs is 2. The second-order valence-electron chi connectivity index (χ2n) is 10.0. The van der Waals surface area contributed by atoms with Crippen LogP contribution in [0.4, 0.5) is 13.2 Å². The highest BCUT2D eigenvalue weighted by Crippen LogP contribution is 2.41. The maximum Gasteiger partial charge on any atom is 0.423 e. The number of aromatic nitrogens is 3. The molecule has 3 heterocycles. The van der Waals surface area contributed by atoms with E-state index in [1.165, 1.54) is 4.57 Å². The third-order valence-electron chi connectivity index (χ3n) is 6.19. The molecule has 1 amide bonds. The van der Waals surface area contributed by atoms with Crippen LogP contribution in [0.15, 0.2) is 23.0 Å². The quantitative estimate of drug-likeness (QED) is 0.776. The van der Waals surface area contributed by atoms with E-state index in [9.17, 15) is 27.9 Å². The molecule has 0 saturated carbocycles. The van der Waals surface area contributed by atoms with Crippen molar-refractivity contribution in [2.75, 3.05) is 13.1 Å². The molecule has 3 atom stereocenters. The molecule has 1 saturated heterocycles. The summed E-state index contributed by atoms with van der Waals surface area (Å²) in [7, 11) is 1.69. The molecule has 1 aliphatic heterocycles. The number of carbonyl (C=O) groups is 1. The number of pyridine rings is 1. The number of alkyl halides is 3. The van der Waals surface area contributed by atoms with E-state index in [4.69, 9.17) is 4.98 Å². The van der Waals surface area contributed by atoms with Crippen LogP contribution in [0.5, 0.6) is 0 Å². The van der Waals surface area contributed by atoms with Crippen molar-refractivity contribution in [2.45, 2.75) is 46.0 Å². The third kappa shape index (κ3) is 3.96. The standard InChI is InChI=1S/C22H27F3N4O3/c1-21(2,3)11-29-16-6-5-15(26-18(16)27(4)20(29)32)12-7-13-9-28(10-14(13)8-12)19(31)17(30)22(23,24)25/h5-7,13-14,17,30H,8-11H2,1-4H3/t13?,14?,17-/m0/s1. The number of nitrogens with zero attached hydrogens (tertiary/aromatic N) is 4. The first-order valence-corrected chi connectivity index (χ1v) is 10.6. The lowest BCUT2D eigenvalue weighted by atomic mass is 9.97. The van der Waals surface area contributed by atoms with Crippen LogP contribution < -0.4 is 5.69 Å². The summed E-state index contributed by atoms with van der Waals surface area (Å²) in [5.41, 5.74) is 2.82. The number of amides is 1. The minimum atomic E-state index is -4.96. The minimum Gasteiger partial charge on any atom is -0.376 e. The zero-order valence-corrected chi connectivity index (χ0v) is 18.5. The van der Waals surface area contributed by atoms with Gasteiger partial charge >= 0.3 is 11.9 Å². The predicted molar refractivity (Wildman–Crippen MR) is 113 cm³/mol. The van der Waals surface area contributed by atoms with Gasteiger partial charge in [0.1, 0.15) is 0 Å². The highest BCUT2D eigenvalue weighted by atomic mass is 19.4. The van der Waals surface area contributed by atoms with Crippen molar-refractivity contribution in [3.63, 3.8) is 0 Å². The summed E-state index contributed by atoms with van der Waals surface area (Å²) in [5.74, 6) is -1.39. The number of imidazole rings is 1. The van der Waals surface area contributed by atoms with E-state index in [2.05, 4.69) is 20.8 Å². The first-order valence-electron chi connectivity index (χ1n) is 10.6. The number of halogens is 3. The van der Waals surface area contributed by atoms with Gasteiger partial charge in [-0.2, -0.15) is 13.2 Å². The second kappa shape index (κ2) is 7.47. The minimum absolute atomic E-state index is 0.0128. The predicted octanol–water partition coefficient (Wildman–Crippen LogP) is 2.57. The molecule has 1 fully saturated rings. The molecule has 0 bridgehead atoms. The number of rotatable bonds is 3. The van der Waals surface area contributed by atoms with Gasteiger partial charge in [0, 0.05) is 26.7 Å². The van der Waals surface area contributed by atoms with Crippen LogP contribution in [0.25, 0.3) is 16.7 Å². The van der Waals surface area contributed by atoms with Gasteiger partial charge in [-0.25, -0.2) is 9.78 Å². The molecular weight excluding hydrogens is 425 g/mol. The van der Waals surface area contributed by atoms with Crippen molar-refractivity contribution in [2.24, 2.45) is 24.3 Å². The van der Waals surface area contributed by atoms with Gasteiger partial charge in [-0.15, -0.1) is 0 Å². The van der Waals surface area contributed by atoms with Gasteiger partial charge in [-0.05, 0) is 41.4 Å². The lowest BCUT2D eigenvalue weighted by Gasteiger charge is -2.22. The SMILES string of the molecule is Cn1c(=O)n(CC(C)(C)C)c2ccc(C3=CC4CN(C(=O)[C@H](O)C(F)(F)F)CC4C3)nc21. The Hall–Kier alpha value is -2.62. The fourth-order valence-electron chi connectivity index (χ4n) is 4.67. The van der Waals surface area contributed by atoms with E-state index in [1.807, 2.05) is 18.2 Å². The summed E-state index contributed by atoms with van der Waals surface area (Å²) in [5, 5.41) is 9.26. The van der Waals surface area contributed by atoms with Crippen molar-refractivity contribution in [1.29, 1.82) is 0 Å². The molecule has 0 spiro atoms. The highest BCUT2D eigenvalue weighted by molar-refractivity contribution is 5.82. The summed E-state index contributed by atoms with van der Waals surface area (Å²) in [6, 6.07) is 3.75. The van der Waals surface area contributed by atoms with Crippen LogP contribution in [-0.2, 0) is 18.4 Å². The van der Waals surface area contributed by atoms with Crippen LogP contribution in [-0.4, -0.2) is 55.4 Å². The molecule has 2 aliphatic rings. The zero-order chi connectivity index (χ0) is 23.6. The molecule has 1 aliphatic carbocycles. The molecular formula is C22H27F3N4O3. The Bertz CT molecular complexity index is 1160. The summed E-state index contributed by atoms with van der Waals surface area (Å²) in [6.07, 6.45) is -5.41. The van der Waals surface area contributed by atoms with Crippen LogP contribution in [0.3, 0.4) is 0 Å². The highest BCUT2D eigenvalue weighted by Gasteiger charge is 2.48. The Balaban J connectivity index is 1.56. The normalized spacial score (nSPS) is 22.4. The van der Waals surface area contributed by atoms with E-state index < -0.39 is 18.2 Å². The number of allylic oxidation sites excluding steroid dienone is 1. The van der Waals surface area contributed by atoms with Gasteiger partial charge in [-0.3, -0.25) is 13.9 Å². The second-order valence-corrected chi connectivity index (χ2v) is 10.0. The largest absolute Gasteiger partial charge is 0.423 e. The first kappa shape index (κ1) is 22.6. The lowest BCUT2D eigenvalue weighted by Crippen LogP contribution is -2.45. The molecule has 32 heavy (non-hydrogen) atoms. The molecule has 2 unspecified atom stereocenters. The van der Waals surface area contributed by atoms with Gasteiger partial charge in [0.15, 0.2) is 5.65 Å².